The van der Waals surface area contributed by atoms with E-state index in [4.69, 9.17) is 0 Å². The van der Waals surface area contributed by atoms with Gasteiger partial charge in [0.2, 0.25) is 5.91 Å². The summed E-state index contributed by atoms with van der Waals surface area (Å²) in [6, 6.07) is 3.79. The van der Waals surface area contributed by atoms with Crippen molar-refractivity contribution >= 4 is 5.91 Å². The van der Waals surface area contributed by atoms with Crippen molar-refractivity contribution in [1.82, 2.24) is 5.32 Å². The molecule has 1 heterocycles. The summed E-state index contributed by atoms with van der Waals surface area (Å²) in [5, 5.41) is 2.73. The van der Waals surface area contributed by atoms with Crippen LogP contribution in [-0.4, -0.2) is 5.91 Å². The van der Waals surface area contributed by atoms with Gasteiger partial charge in [-0.25, -0.2) is 8.78 Å². The summed E-state index contributed by atoms with van der Waals surface area (Å²) in [4.78, 5) is 11.4. The summed E-state index contributed by atoms with van der Waals surface area (Å²) in [6.45, 7) is 3.69. The zero-order chi connectivity index (χ0) is 12.6. The lowest BCUT2D eigenvalue weighted by Crippen LogP contribution is -2.30. The Morgan fingerprint density at radius 2 is 1.94 bits per heavy atom. The van der Waals surface area contributed by atoms with Crippen molar-refractivity contribution in [3.63, 3.8) is 0 Å². The summed E-state index contributed by atoms with van der Waals surface area (Å²) in [5.41, 5.74) is 2.40. The number of carbonyl (C=O) groups is 1. The third kappa shape index (κ3) is 2.20. The van der Waals surface area contributed by atoms with Crippen LogP contribution in [0.4, 0.5) is 8.78 Å². The van der Waals surface area contributed by atoms with Gasteiger partial charge in [-0.1, -0.05) is 6.07 Å². The Balaban J connectivity index is 2.42. The van der Waals surface area contributed by atoms with E-state index in [2.05, 4.69) is 5.32 Å². The molecule has 1 N–H and O–H groups in total. The summed E-state index contributed by atoms with van der Waals surface area (Å²) in [7, 11) is 0. The zero-order valence-electron chi connectivity index (χ0n) is 9.68. The van der Waals surface area contributed by atoms with Crippen LogP contribution in [0, 0.1) is 11.6 Å². The number of hydrogen-bond donors (Lipinski definition) is 1. The molecule has 1 atom stereocenters. The first-order valence-corrected chi connectivity index (χ1v) is 5.41. The highest BCUT2D eigenvalue weighted by atomic mass is 19.2. The monoisotopic (exact) mass is 237 g/mol. The molecule has 0 radical (unpaired) electrons. The van der Waals surface area contributed by atoms with Crippen LogP contribution >= 0.6 is 0 Å². The summed E-state index contributed by atoms with van der Waals surface area (Å²) >= 11 is 0. The lowest BCUT2D eigenvalue weighted by Gasteiger charge is -2.25. The third-order valence-corrected chi connectivity index (χ3v) is 3.18. The molecule has 0 saturated carbocycles. The first-order valence-electron chi connectivity index (χ1n) is 5.41. The molecule has 17 heavy (non-hydrogen) atoms. The molecular weight excluding hydrogens is 224 g/mol. The van der Waals surface area contributed by atoms with E-state index in [9.17, 15) is 13.6 Å². The van der Waals surface area contributed by atoms with Crippen LogP contribution in [0.15, 0.2) is 29.5 Å². The van der Waals surface area contributed by atoms with Crippen molar-refractivity contribution in [1.29, 1.82) is 0 Å². The standard InChI is InChI=1S/C13H13F2NO/c1-7-8(2)16-13(17)6-10(7)9-3-4-11(14)12(15)5-9/h3-5,10H,6H2,1-2H3,(H,16,17). The number of halogens is 2. The van der Waals surface area contributed by atoms with Gasteiger partial charge in [0.25, 0.3) is 0 Å². The number of allylic oxidation sites excluding steroid dienone is 2. The molecule has 1 aromatic carbocycles. The van der Waals surface area contributed by atoms with Crippen LogP contribution in [0.5, 0.6) is 0 Å². The van der Waals surface area contributed by atoms with Gasteiger partial charge in [0, 0.05) is 18.0 Å². The molecule has 0 spiro atoms. The topological polar surface area (TPSA) is 29.1 Å². The second-order valence-electron chi connectivity index (χ2n) is 4.29. The molecule has 1 unspecified atom stereocenters. The first-order chi connectivity index (χ1) is 7.99. The Labute approximate surface area is 98.3 Å². The van der Waals surface area contributed by atoms with Gasteiger partial charge in [-0.15, -0.1) is 0 Å². The van der Waals surface area contributed by atoms with Gasteiger partial charge in [0.15, 0.2) is 11.6 Å². The minimum Gasteiger partial charge on any atom is -0.330 e. The van der Waals surface area contributed by atoms with Gasteiger partial charge in [-0.2, -0.15) is 0 Å². The normalized spacial score (nSPS) is 20.5. The van der Waals surface area contributed by atoms with Crippen molar-refractivity contribution in [3.8, 4) is 0 Å². The maximum absolute atomic E-state index is 13.2. The fourth-order valence-electron chi connectivity index (χ4n) is 2.06. The zero-order valence-corrected chi connectivity index (χ0v) is 9.68. The van der Waals surface area contributed by atoms with E-state index in [-0.39, 0.29) is 18.2 Å². The van der Waals surface area contributed by atoms with E-state index < -0.39 is 11.6 Å². The summed E-state index contributed by atoms with van der Waals surface area (Å²) in [5.74, 6) is -2.01. The molecule has 4 heteroatoms. The fraction of sp³-hybridized carbons (Fsp3) is 0.308. The average molecular weight is 237 g/mol. The van der Waals surface area contributed by atoms with Gasteiger partial charge in [0.1, 0.15) is 0 Å². The maximum Gasteiger partial charge on any atom is 0.225 e. The molecule has 2 rings (SSSR count). The van der Waals surface area contributed by atoms with Crippen molar-refractivity contribution in [3.05, 3.63) is 46.7 Å². The van der Waals surface area contributed by atoms with E-state index in [0.717, 1.165) is 23.4 Å². The highest BCUT2D eigenvalue weighted by Gasteiger charge is 2.25. The Morgan fingerprint density at radius 3 is 2.59 bits per heavy atom. The number of hydrogen-bond acceptors (Lipinski definition) is 1. The van der Waals surface area contributed by atoms with Crippen molar-refractivity contribution in [2.24, 2.45) is 0 Å². The minimum atomic E-state index is -0.876. The molecule has 1 amide bonds. The number of benzene rings is 1. The Morgan fingerprint density at radius 1 is 1.24 bits per heavy atom. The predicted molar refractivity (Wildman–Crippen MR) is 60.2 cm³/mol. The number of nitrogens with one attached hydrogen (secondary N) is 1. The molecule has 0 aliphatic carbocycles. The third-order valence-electron chi connectivity index (χ3n) is 3.18. The van der Waals surface area contributed by atoms with E-state index >= 15 is 0 Å². The smallest absolute Gasteiger partial charge is 0.225 e. The molecule has 0 saturated heterocycles. The van der Waals surface area contributed by atoms with E-state index in [1.165, 1.54) is 6.07 Å². The van der Waals surface area contributed by atoms with Crippen molar-refractivity contribution < 1.29 is 13.6 Å². The largest absolute Gasteiger partial charge is 0.330 e. The number of amides is 1. The van der Waals surface area contributed by atoms with Gasteiger partial charge < -0.3 is 5.32 Å². The van der Waals surface area contributed by atoms with Crippen molar-refractivity contribution in [2.75, 3.05) is 0 Å². The molecule has 2 nitrogen and oxygen atoms in total. The molecule has 1 aliphatic heterocycles. The van der Waals surface area contributed by atoms with Crippen LogP contribution < -0.4 is 5.32 Å². The Bertz CT molecular complexity index is 508. The average Bonchev–Trinajstić information content (AvgIpc) is 2.27. The van der Waals surface area contributed by atoms with E-state index in [1.807, 2.05) is 6.92 Å². The van der Waals surface area contributed by atoms with Crippen LogP contribution in [0.2, 0.25) is 0 Å². The quantitative estimate of drug-likeness (QED) is 0.799. The lowest BCUT2D eigenvalue weighted by atomic mass is 9.85. The summed E-state index contributed by atoms with van der Waals surface area (Å²) < 4.78 is 26.0. The Hall–Kier alpha value is -1.71. The number of rotatable bonds is 1. The highest BCUT2D eigenvalue weighted by molar-refractivity contribution is 5.81. The Kier molecular flexibility index (Phi) is 2.96. The van der Waals surface area contributed by atoms with E-state index in [0.29, 0.717) is 5.56 Å². The fourth-order valence-corrected chi connectivity index (χ4v) is 2.06. The first kappa shape index (κ1) is 11.8. The second kappa shape index (κ2) is 4.28. The van der Waals surface area contributed by atoms with Crippen molar-refractivity contribution in [2.45, 2.75) is 26.2 Å². The molecule has 90 valence electrons. The molecule has 0 aromatic heterocycles. The van der Waals surface area contributed by atoms with Gasteiger partial charge in [-0.05, 0) is 37.1 Å². The lowest BCUT2D eigenvalue weighted by molar-refractivity contribution is -0.121. The molecule has 0 fully saturated rings. The molecule has 1 aliphatic rings. The summed E-state index contributed by atoms with van der Waals surface area (Å²) in [6.07, 6.45) is 0.272. The predicted octanol–water partition coefficient (Wildman–Crippen LogP) is 2.86. The number of carbonyl (C=O) groups excluding carboxylic acids is 1. The van der Waals surface area contributed by atoms with E-state index in [1.54, 1.807) is 6.92 Å². The van der Waals surface area contributed by atoms with Gasteiger partial charge in [0.05, 0.1) is 0 Å². The van der Waals surface area contributed by atoms with Crippen LogP contribution in [0.3, 0.4) is 0 Å². The highest BCUT2D eigenvalue weighted by Crippen LogP contribution is 2.32. The van der Waals surface area contributed by atoms with Crippen LogP contribution in [0.1, 0.15) is 31.7 Å². The molecule has 0 bridgehead atoms. The van der Waals surface area contributed by atoms with Gasteiger partial charge >= 0.3 is 0 Å². The molecule has 1 aromatic rings. The van der Waals surface area contributed by atoms with Gasteiger partial charge in [-0.3, -0.25) is 4.79 Å². The maximum atomic E-state index is 13.2. The van der Waals surface area contributed by atoms with Crippen LogP contribution in [-0.2, 0) is 4.79 Å². The minimum absolute atomic E-state index is 0.0946. The SMILES string of the molecule is CC1=C(C)C(c2ccc(F)c(F)c2)CC(=O)N1. The van der Waals surface area contributed by atoms with Crippen LogP contribution in [0.25, 0.3) is 0 Å². The second-order valence-corrected chi connectivity index (χ2v) is 4.29. The molecular formula is C13H13F2NO.